The van der Waals surface area contributed by atoms with Crippen molar-refractivity contribution < 1.29 is 14.7 Å². The first-order valence-corrected chi connectivity index (χ1v) is 7.02. The number of carbonyl (C=O) groups excluding carboxylic acids is 1. The van der Waals surface area contributed by atoms with Crippen LogP contribution in [-0.2, 0) is 9.59 Å². The molecule has 0 radical (unpaired) electrons. The second-order valence-electron chi connectivity index (χ2n) is 4.52. The van der Waals surface area contributed by atoms with Crippen LogP contribution in [0.2, 0.25) is 0 Å². The van der Waals surface area contributed by atoms with Crippen molar-refractivity contribution in [2.45, 2.75) is 42.9 Å². The molecule has 0 aromatic carbocycles. The van der Waals surface area contributed by atoms with Crippen LogP contribution in [0.5, 0.6) is 0 Å². The summed E-state index contributed by atoms with van der Waals surface area (Å²) in [5, 5.41) is 11.3. The van der Waals surface area contributed by atoms with Crippen LogP contribution in [0.15, 0.2) is 0 Å². The van der Waals surface area contributed by atoms with Crippen LogP contribution in [0, 0.1) is 0 Å². The topological polar surface area (TPSA) is 92.4 Å². The van der Waals surface area contributed by atoms with Crippen molar-refractivity contribution in [3.8, 4) is 0 Å². The number of hydrogen-bond acceptors (Lipinski definition) is 4. The van der Waals surface area contributed by atoms with Crippen LogP contribution in [0.25, 0.3) is 0 Å². The third-order valence-electron chi connectivity index (χ3n) is 3.26. The Morgan fingerprint density at radius 3 is 2.53 bits per heavy atom. The zero-order chi connectivity index (χ0) is 12.9. The van der Waals surface area contributed by atoms with Crippen LogP contribution in [0.4, 0.5) is 0 Å². The number of carboxylic acids is 1. The largest absolute Gasteiger partial charge is 0.481 e. The Labute approximate surface area is 106 Å². The van der Waals surface area contributed by atoms with Gasteiger partial charge in [-0.15, -0.1) is 0 Å². The van der Waals surface area contributed by atoms with E-state index in [0.29, 0.717) is 6.54 Å². The normalized spacial score (nSPS) is 19.9. The van der Waals surface area contributed by atoms with Crippen LogP contribution in [-0.4, -0.2) is 40.6 Å². The van der Waals surface area contributed by atoms with Gasteiger partial charge in [-0.1, -0.05) is 12.8 Å². The van der Waals surface area contributed by atoms with Crippen molar-refractivity contribution in [2.24, 2.45) is 5.73 Å². The molecule has 0 saturated heterocycles. The molecule has 1 rings (SSSR count). The highest BCUT2D eigenvalue weighted by Gasteiger charge is 2.33. The SMILES string of the molecule is CSC1(CNC(=O)C(N)CC(=O)O)CCCC1. The Balaban J connectivity index is 2.38. The van der Waals surface area contributed by atoms with Gasteiger partial charge in [0.2, 0.25) is 5.91 Å². The lowest BCUT2D eigenvalue weighted by Crippen LogP contribution is -2.46. The molecule has 5 nitrogen and oxygen atoms in total. The fourth-order valence-electron chi connectivity index (χ4n) is 2.13. The van der Waals surface area contributed by atoms with Crippen LogP contribution in [0.1, 0.15) is 32.1 Å². The van der Waals surface area contributed by atoms with E-state index in [9.17, 15) is 9.59 Å². The Morgan fingerprint density at radius 1 is 1.47 bits per heavy atom. The molecule has 0 bridgehead atoms. The lowest BCUT2D eigenvalue weighted by molar-refractivity contribution is -0.139. The van der Waals surface area contributed by atoms with Gasteiger partial charge in [0.05, 0.1) is 12.5 Å². The van der Waals surface area contributed by atoms with Crippen molar-refractivity contribution in [1.29, 1.82) is 0 Å². The number of rotatable bonds is 6. The van der Waals surface area contributed by atoms with E-state index < -0.39 is 12.0 Å². The average Bonchev–Trinajstić information content (AvgIpc) is 2.74. The molecule has 1 fully saturated rings. The molecular formula is C11H20N2O3S. The number of carboxylic acid groups (broad SMARTS) is 1. The third-order valence-corrected chi connectivity index (χ3v) is 4.68. The van der Waals surface area contributed by atoms with Gasteiger partial charge in [-0.25, -0.2) is 0 Å². The summed E-state index contributed by atoms with van der Waals surface area (Å²) < 4.78 is 0.124. The van der Waals surface area contributed by atoms with E-state index in [2.05, 4.69) is 11.6 Å². The number of amides is 1. The lowest BCUT2D eigenvalue weighted by Gasteiger charge is -2.27. The standard InChI is InChI=1S/C11H20N2O3S/c1-17-11(4-2-3-5-11)7-13-10(16)8(12)6-9(14)15/h8H,2-7,12H2,1H3,(H,13,16)(H,14,15). The minimum atomic E-state index is -1.05. The first kappa shape index (κ1) is 14.3. The van der Waals surface area contributed by atoms with Gasteiger partial charge < -0.3 is 16.2 Å². The van der Waals surface area contributed by atoms with Crippen molar-refractivity contribution in [1.82, 2.24) is 5.32 Å². The highest BCUT2D eigenvalue weighted by Crippen LogP contribution is 2.39. The molecule has 0 aromatic rings. The predicted octanol–water partition coefficient (Wildman–Crippen LogP) is 0.580. The molecule has 1 aliphatic carbocycles. The summed E-state index contributed by atoms with van der Waals surface area (Å²) in [5.41, 5.74) is 5.49. The van der Waals surface area contributed by atoms with E-state index in [0.717, 1.165) is 12.8 Å². The Morgan fingerprint density at radius 2 is 2.06 bits per heavy atom. The van der Waals surface area contributed by atoms with E-state index in [1.165, 1.54) is 12.8 Å². The molecule has 1 aliphatic rings. The number of aliphatic carboxylic acids is 1. The summed E-state index contributed by atoms with van der Waals surface area (Å²) in [4.78, 5) is 22.0. The molecular weight excluding hydrogens is 240 g/mol. The van der Waals surface area contributed by atoms with E-state index >= 15 is 0 Å². The Kier molecular flexibility index (Phi) is 5.27. The van der Waals surface area contributed by atoms with E-state index in [4.69, 9.17) is 10.8 Å². The van der Waals surface area contributed by atoms with Gasteiger partial charge in [-0.3, -0.25) is 9.59 Å². The highest BCUT2D eigenvalue weighted by atomic mass is 32.2. The summed E-state index contributed by atoms with van der Waals surface area (Å²) >= 11 is 1.78. The van der Waals surface area contributed by atoms with Crippen LogP contribution < -0.4 is 11.1 Å². The molecule has 0 aliphatic heterocycles. The summed E-state index contributed by atoms with van der Waals surface area (Å²) in [5.74, 6) is -1.42. The fourth-order valence-corrected chi connectivity index (χ4v) is 3.05. The molecule has 17 heavy (non-hydrogen) atoms. The molecule has 1 amide bonds. The lowest BCUT2D eigenvalue weighted by atomic mass is 10.1. The van der Waals surface area contributed by atoms with Crippen molar-refractivity contribution in [3.63, 3.8) is 0 Å². The van der Waals surface area contributed by atoms with Crippen LogP contribution in [0.3, 0.4) is 0 Å². The van der Waals surface area contributed by atoms with Gasteiger partial charge in [0, 0.05) is 11.3 Å². The quantitative estimate of drug-likeness (QED) is 0.649. The molecule has 0 aromatic heterocycles. The second kappa shape index (κ2) is 6.26. The van der Waals surface area contributed by atoms with Gasteiger partial charge in [-0.2, -0.15) is 11.8 Å². The van der Waals surface area contributed by atoms with Crippen LogP contribution >= 0.6 is 11.8 Å². The van der Waals surface area contributed by atoms with Gasteiger partial charge in [0.15, 0.2) is 0 Å². The van der Waals surface area contributed by atoms with E-state index in [1.807, 2.05) is 0 Å². The number of hydrogen-bond donors (Lipinski definition) is 3. The Bertz CT molecular complexity index is 290. The maximum atomic E-state index is 11.6. The number of nitrogens with one attached hydrogen (secondary N) is 1. The average molecular weight is 260 g/mol. The van der Waals surface area contributed by atoms with E-state index in [-0.39, 0.29) is 17.1 Å². The van der Waals surface area contributed by atoms with Gasteiger partial charge in [0.1, 0.15) is 0 Å². The van der Waals surface area contributed by atoms with Gasteiger partial charge in [0.25, 0.3) is 0 Å². The van der Waals surface area contributed by atoms with Crippen molar-refractivity contribution in [3.05, 3.63) is 0 Å². The Hall–Kier alpha value is -0.750. The monoisotopic (exact) mass is 260 g/mol. The summed E-state index contributed by atoms with van der Waals surface area (Å²) in [6.45, 7) is 0.584. The molecule has 1 unspecified atom stereocenters. The summed E-state index contributed by atoms with van der Waals surface area (Å²) in [7, 11) is 0. The third kappa shape index (κ3) is 4.20. The predicted molar refractivity (Wildman–Crippen MR) is 68.0 cm³/mol. The molecule has 6 heteroatoms. The maximum Gasteiger partial charge on any atom is 0.305 e. The second-order valence-corrected chi connectivity index (χ2v) is 5.79. The molecule has 98 valence electrons. The number of nitrogens with two attached hydrogens (primary N) is 1. The molecule has 0 spiro atoms. The minimum Gasteiger partial charge on any atom is -0.481 e. The summed E-state index contributed by atoms with van der Waals surface area (Å²) in [6, 6.07) is -0.951. The number of thioether (sulfide) groups is 1. The molecule has 0 heterocycles. The first-order valence-electron chi connectivity index (χ1n) is 5.79. The summed E-state index contributed by atoms with van der Waals surface area (Å²) in [6.07, 6.45) is 6.31. The molecule has 4 N–H and O–H groups in total. The minimum absolute atomic E-state index is 0.124. The zero-order valence-electron chi connectivity index (χ0n) is 10.1. The van der Waals surface area contributed by atoms with Gasteiger partial charge in [-0.05, 0) is 19.1 Å². The van der Waals surface area contributed by atoms with E-state index in [1.54, 1.807) is 11.8 Å². The van der Waals surface area contributed by atoms with Crippen molar-refractivity contribution >= 4 is 23.6 Å². The fraction of sp³-hybridized carbons (Fsp3) is 0.818. The number of carbonyl (C=O) groups is 2. The first-order chi connectivity index (χ1) is 7.99. The van der Waals surface area contributed by atoms with Crippen molar-refractivity contribution in [2.75, 3.05) is 12.8 Å². The zero-order valence-corrected chi connectivity index (χ0v) is 10.9. The molecule has 1 atom stereocenters. The van der Waals surface area contributed by atoms with Gasteiger partial charge >= 0.3 is 5.97 Å². The highest BCUT2D eigenvalue weighted by molar-refractivity contribution is 8.00. The smallest absolute Gasteiger partial charge is 0.305 e. The molecule has 1 saturated carbocycles. The maximum absolute atomic E-state index is 11.6.